The fraction of sp³-hybridized carbons (Fsp3) is 0.111. The van der Waals surface area contributed by atoms with Crippen molar-refractivity contribution in [3.8, 4) is 11.5 Å². The van der Waals surface area contributed by atoms with Crippen LogP contribution in [-0.4, -0.2) is 15.1 Å². The molecule has 0 N–H and O–H groups in total. The van der Waals surface area contributed by atoms with Gasteiger partial charge in [0.05, 0.1) is 10.7 Å². The maximum atomic E-state index is 10.4. The zero-order valence-corrected chi connectivity index (χ0v) is 8.92. The highest BCUT2D eigenvalue weighted by molar-refractivity contribution is 7.79. The van der Waals surface area contributed by atoms with Crippen LogP contribution in [0.3, 0.4) is 0 Å². The topological polar surface area (TPSA) is 82.1 Å². The van der Waals surface area contributed by atoms with Crippen molar-refractivity contribution in [3.05, 3.63) is 40.3 Å². The van der Waals surface area contributed by atoms with E-state index < -0.39 is 4.92 Å². The van der Waals surface area contributed by atoms with Crippen LogP contribution in [0.25, 0.3) is 11.5 Å². The highest BCUT2D eigenvalue weighted by Gasteiger charge is 2.09. The van der Waals surface area contributed by atoms with Gasteiger partial charge in [-0.2, -0.15) is 12.6 Å². The largest absolute Gasteiger partial charge is 0.420 e. The summed E-state index contributed by atoms with van der Waals surface area (Å²) in [6, 6.07) is 5.90. The molecule has 82 valence electrons. The molecule has 0 atom stereocenters. The smallest absolute Gasteiger partial charge is 0.269 e. The van der Waals surface area contributed by atoms with E-state index >= 15 is 0 Å². The number of nitro benzene ring substituents is 1. The Bertz CT molecular complexity index is 509. The molecule has 16 heavy (non-hydrogen) atoms. The van der Waals surface area contributed by atoms with Gasteiger partial charge in [0.25, 0.3) is 5.69 Å². The maximum absolute atomic E-state index is 10.4. The average Bonchev–Trinajstić information content (AvgIpc) is 2.77. The van der Waals surface area contributed by atoms with Crippen LogP contribution >= 0.6 is 12.6 Å². The van der Waals surface area contributed by atoms with Crippen LogP contribution in [0.2, 0.25) is 0 Å². The Balaban J connectivity index is 2.30. The first-order chi connectivity index (χ1) is 7.70. The molecule has 1 aromatic heterocycles. The van der Waals surface area contributed by atoms with E-state index in [4.69, 9.17) is 4.42 Å². The molecule has 7 heteroatoms. The van der Waals surface area contributed by atoms with E-state index in [-0.39, 0.29) is 5.69 Å². The van der Waals surface area contributed by atoms with Crippen molar-refractivity contribution in [3.63, 3.8) is 0 Å². The lowest BCUT2D eigenvalue weighted by Gasteiger charge is -1.93. The molecular formula is C9H7N3O3S. The Hall–Kier alpha value is -1.89. The maximum Gasteiger partial charge on any atom is 0.269 e. The van der Waals surface area contributed by atoms with Gasteiger partial charge in [-0.1, -0.05) is 0 Å². The molecule has 0 saturated heterocycles. The van der Waals surface area contributed by atoms with Gasteiger partial charge in [-0.3, -0.25) is 10.1 Å². The van der Waals surface area contributed by atoms with Crippen LogP contribution in [-0.2, 0) is 5.75 Å². The Morgan fingerprint density at radius 1 is 1.31 bits per heavy atom. The van der Waals surface area contributed by atoms with Gasteiger partial charge in [0.2, 0.25) is 11.8 Å². The van der Waals surface area contributed by atoms with E-state index in [1.54, 1.807) is 12.1 Å². The molecule has 6 nitrogen and oxygen atoms in total. The van der Waals surface area contributed by atoms with Crippen molar-refractivity contribution < 1.29 is 9.34 Å². The highest BCUT2D eigenvalue weighted by atomic mass is 32.1. The summed E-state index contributed by atoms with van der Waals surface area (Å²) in [5, 5.41) is 18.0. The van der Waals surface area contributed by atoms with Crippen LogP contribution in [0.15, 0.2) is 28.7 Å². The molecule has 2 aromatic rings. The summed E-state index contributed by atoms with van der Waals surface area (Å²) in [5.41, 5.74) is 0.670. The van der Waals surface area contributed by atoms with Crippen molar-refractivity contribution in [2.75, 3.05) is 0 Å². The average molecular weight is 237 g/mol. The number of non-ortho nitro benzene ring substituents is 1. The summed E-state index contributed by atoms with van der Waals surface area (Å²) >= 11 is 3.99. The van der Waals surface area contributed by atoms with Gasteiger partial charge in [0.15, 0.2) is 0 Å². The quantitative estimate of drug-likeness (QED) is 0.502. The predicted octanol–water partition coefficient (Wildman–Crippen LogP) is 2.07. The van der Waals surface area contributed by atoms with Gasteiger partial charge >= 0.3 is 0 Å². The molecule has 0 fully saturated rings. The lowest BCUT2D eigenvalue weighted by Crippen LogP contribution is -1.87. The van der Waals surface area contributed by atoms with Gasteiger partial charge < -0.3 is 4.42 Å². The van der Waals surface area contributed by atoms with E-state index in [0.29, 0.717) is 23.1 Å². The third-order valence-corrected chi connectivity index (χ3v) is 2.20. The van der Waals surface area contributed by atoms with E-state index in [9.17, 15) is 10.1 Å². The third kappa shape index (κ3) is 2.03. The first-order valence-electron chi connectivity index (χ1n) is 4.39. The SMILES string of the molecule is O=[N+]([O-])c1ccc(-c2nnc(CS)o2)cc1. The van der Waals surface area contributed by atoms with Crippen molar-refractivity contribution >= 4 is 18.3 Å². The molecule has 0 aliphatic carbocycles. The molecule has 0 spiro atoms. The van der Waals surface area contributed by atoms with Crippen LogP contribution < -0.4 is 0 Å². The number of nitro groups is 1. The van der Waals surface area contributed by atoms with Gasteiger partial charge in [-0.05, 0) is 12.1 Å². The Morgan fingerprint density at radius 2 is 2.00 bits per heavy atom. The van der Waals surface area contributed by atoms with Gasteiger partial charge in [-0.25, -0.2) is 0 Å². The Labute approximate surface area is 95.9 Å². The Morgan fingerprint density at radius 3 is 2.50 bits per heavy atom. The predicted molar refractivity (Wildman–Crippen MR) is 59.1 cm³/mol. The van der Waals surface area contributed by atoms with Crippen molar-refractivity contribution in [2.24, 2.45) is 0 Å². The molecular weight excluding hydrogens is 230 g/mol. The summed E-state index contributed by atoms with van der Waals surface area (Å²) in [5.74, 6) is 1.11. The van der Waals surface area contributed by atoms with E-state index in [1.165, 1.54) is 12.1 Å². The number of aromatic nitrogens is 2. The van der Waals surface area contributed by atoms with Gasteiger partial charge in [0.1, 0.15) is 0 Å². The molecule has 0 aliphatic heterocycles. The van der Waals surface area contributed by atoms with E-state index in [1.807, 2.05) is 0 Å². The van der Waals surface area contributed by atoms with Crippen LogP contribution in [0.5, 0.6) is 0 Å². The number of thiol groups is 1. The first-order valence-corrected chi connectivity index (χ1v) is 5.02. The molecule has 2 rings (SSSR count). The lowest BCUT2D eigenvalue weighted by atomic mass is 10.2. The zero-order valence-electron chi connectivity index (χ0n) is 8.03. The second kappa shape index (κ2) is 4.31. The number of rotatable bonds is 3. The minimum absolute atomic E-state index is 0.0256. The fourth-order valence-electron chi connectivity index (χ4n) is 1.16. The molecule has 1 heterocycles. The molecule has 0 aliphatic rings. The normalized spacial score (nSPS) is 10.3. The van der Waals surface area contributed by atoms with E-state index in [0.717, 1.165) is 0 Å². The molecule has 0 bridgehead atoms. The van der Waals surface area contributed by atoms with Crippen molar-refractivity contribution in [2.45, 2.75) is 5.75 Å². The third-order valence-electron chi connectivity index (χ3n) is 1.93. The highest BCUT2D eigenvalue weighted by Crippen LogP contribution is 2.21. The number of nitrogens with zero attached hydrogens (tertiary/aromatic N) is 3. The molecule has 1 aromatic carbocycles. The molecule has 0 saturated carbocycles. The first kappa shape index (κ1) is 10.6. The van der Waals surface area contributed by atoms with Crippen molar-refractivity contribution in [1.82, 2.24) is 10.2 Å². The summed E-state index contributed by atoms with van der Waals surface area (Å²) in [7, 11) is 0. The van der Waals surface area contributed by atoms with Crippen LogP contribution in [0.4, 0.5) is 5.69 Å². The second-order valence-corrected chi connectivity index (χ2v) is 3.28. The molecule has 0 unspecified atom stereocenters. The summed E-state index contributed by atoms with van der Waals surface area (Å²) in [4.78, 5) is 9.98. The number of benzene rings is 1. The second-order valence-electron chi connectivity index (χ2n) is 2.96. The fourth-order valence-corrected chi connectivity index (χ4v) is 1.29. The minimum Gasteiger partial charge on any atom is -0.420 e. The van der Waals surface area contributed by atoms with Gasteiger partial charge in [0, 0.05) is 17.7 Å². The number of hydrogen-bond acceptors (Lipinski definition) is 6. The van der Waals surface area contributed by atoms with Gasteiger partial charge in [-0.15, -0.1) is 10.2 Å². The van der Waals surface area contributed by atoms with Crippen molar-refractivity contribution in [1.29, 1.82) is 0 Å². The lowest BCUT2D eigenvalue weighted by molar-refractivity contribution is -0.384. The Kier molecular flexibility index (Phi) is 2.86. The van der Waals surface area contributed by atoms with E-state index in [2.05, 4.69) is 22.8 Å². The van der Waals surface area contributed by atoms with Crippen LogP contribution in [0.1, 0.15) is 5.89 Å². The number of hydrogen-bond donors (Lipinski definition) is 1. The monoisotopic (exact) mass is 237 g/mol. The molecule has 0 amide bonds. The molecule has 0 radical (unpaired) electrons. The zero-order chi connectivity index (χ0) is 11.5. The summed E-state index contributed by atoms with van der Waals surface area (Å²) in [6.07, 6.45) is 0. The minimum atomic E-state index is -0.462. The summed E-state index contributed by atoms with van der Waals surface area (Å²) < 4.78 is 5.25. The summed E-state index contributed by atoms with van der Waals surface area (Å²) in [6.45, 7) is 0. The van der Waals surface area contributed by atoms with Crippen LogP contribution in [0, 0.1) is 10.1 Å². The standard InChI is InChI=1S/C9H7N3O3S/c13-12(14)7-3-1-6(2-4-7)9-11-10-8(5-16)15-9/h1-4,16H,5H2.